The van der Waals surface area contributed by atoms with E-state index in [2.05, 4.69) is 13.5 Å². The van der Waals surface area contributed by atoms with Crippen molar-refractivity contribution >= 4 is 0 Å². The van der Waals surface area contributed by atoms with Gasteiger partial charge in [0.15, 0.2) is 0 Å². The Hall–Kier alpha value is 0.334. The molecule has 4 heteroatoms. The molecule has 86 valence electrons. The van der Waals surface area contributed by atoms with Crippen LogP contribution in [0.4, 0.5) is 0 Å². The van der Waals surface area contributed by atoms with Crippen molar-refractivity contribution in [2.45, 2.75) is 19.8 Å². The molecule has 0 heterocycles. The first-order valence-corrected chi connectivity index (χ1v) is 4.18. The van der Waals surface area contributed by atoms with Crippen LogP contribution in [0.1, 0.15) is 19.8 Å². The molecule has 0 amide bonds. The van der Waals surface area contributed by atoms with E-state index in [0.717, 1.165) is 39.2 Å². The quantitative estimate of drug-likeness (QED) is 0.330. The predicted octanol–water partition coefficient (Wildman–Crippen LogP) is 1.41. The van der Waals surface area contributed by atoms with E-state index in [0.29, 0.717) is 6.61 Å². The van der Waals surface area contributed by atoms with Gasteiger partial charge in [0.1, 0.15) is 0 Å². The van der Waals surface area contributed by atoms with Crippen molar-refractivity contribution in [2.24, 2.45) is 0 Å². The maximum absolute atomic E-state index is 7.00. The maximum atomic E-state index is 7.00. The topological polar surface area (TPSA) is 49.7 Å². The molecular formula is C10H23O3Ti-. The van der Waals surface area contributed by atoms with Crippen molar-refractivity contribution in [2.75, 3.05) is 27.4 Å². The zero-order valence-electron chi connectivity index (χ0n) is 9.55. The van der Waals surface area contributed by atoms with Crippen LogP contribution in [0.3, 0.4) is 0 Å². The standard InChI is InChI=1S/C8H15O.2CH4O.Ti/c1-4-5-6-9-7-8(2)3;2*1-2;/h1-2,4-7H2,3H3;2*2H,1H3;/q-1;;;. The molecule has 0 spiro atoms. The third kappa shape index (κ3) is 39.5. The van der Waals surface area contributed by atoms with Crippen molar-refractivity contribution in [3.8, 4) is 0 Å². The van der Waals surface area contributed by atoms with Gasteiger partial charge in [0.25, 0.3) is 0 Å². The first-order valence-electron chi connectivity index (χ1n) is 4.18. The summed E-state index contributed by atoms with van der Waals surface area (Å²) in [6, 6.07) is 0. The van der Waals surface area contributed by atoms with Gasteiger partial charge in [-0.05, 0) is 6.92 Å². The van der Waals surface area contributed by atoms with Gasteiger partial charge in [-0.25, -0.2) is 0 Å². The average Bonchev–Trinajstić information content (AvgIpc) is 2.19. The molecule has 0 rings (SSSR count). The van der Waals surface area contributed by atoms with Gasteiger partial charge in [-0.2, -0.15) is 6.42 Å². The molecule has 0 aromatic rings. The van der Waals surface area contributed by atoms with E-state index in [1.165, 1.54) is 0 Å². The molecule has 3 nitrogen and oxygen atoms in total. The Morgan fingerprint density at radius 3 is 2.00 bits per heavy atom. The number of aliphatic hydroxyl groups is 2. The zero-order chi connectivity index (χ0) is 11.1. The molecule has 0 saturated heterocycles. The fraction of sp³-hybridized carbons (Fsp3) is 0.700. The molecule has 0 radical (unpaired) electrons. The van der Waals surface area contributed by atoms with Crippen molar-refractivity contribution < 1.29 is 36.7 Å². The Labute approximate surface area is 103 Å². The number of ether oxygens (including phenoxy) is 1. The summed E-state index contributed by atoms with van der Waals surface area (Å²) < 4.78 is 5.20. The van der Waals surface area contributed by atoms with Gasteiger partial charge in [0.05, 0.1) is 6.61 Å². The summed E-state index contributed by atoms with van der Waals surface area (Å²) in [6.07, 6.45) is 2.00. The number of hydrogen-bond acceptors (Lipinski definition) is 3. The van der Waals surface area contributed by atoms with Crippen molar-refractivity contribution in [1.29, 1.82) is 0 Å². The summed E-state index contributed by atoms with van der Waals surface area (Å²) in [5.41, 5.74) is 1.08. The summed E-state index contributed by atoms with van der Waals surface area (Å²) in [5, 5.41) is 14.0. The molecular weight excluding hydrogens is 216 g/mol. The van der Waals surface area contributed by atoms with Gasteiger partial charge in [-0.15, -0.1) is 0 Å². The van der Waals surface area contributed by atoms with Crippen LogP contribution < -0.4 is 0 Å². The van der Waals surface area contributed by atoms with Crippen LogP contribution in [0.2, 0.25) is 0 Å². The molecule has 0 aromatic heterocycles. The van der Waals surface area contributed by atoms with Crippen molar-refractivity contribution in [3.63, 3.8) is 0 Å². The Kier molecular flexibility index (Phi) is 49.8. The van der Waals surface area contributed by atoms with Crippen LogP contribution in [0.15, 0.2) is 12.2 Å². The van der Waals surface area contributed by atoms with E-state index in [4.69, 9.17) is 14.9 Å². The summed E-state index contributed by atoms with van der Waals surface area (Å²) in [6.45, 7) is 10.9. The Morgan fingerprint density at radius 2 is 1.71 bits per heavy atom. The summed E-state index contributed by atoms with van der Waals surface area (Å²) in [5.74, 6) is 0. The van der Waals surface area contributed by atoms with E-state index in [9.17, 15) is 0 Å². The molecule has 0 unspecified atom stereocenters. The number of rotatable bonds is 5. The van der Waals surface area contributed by atoms with Gasteiger partial charge in [-0.3, -0.25) is 0 Å². The van der Waals surface area contributed by atoms with Crippen molar-refractivity contribution in [1.82, 2.24) is 0 Å². The first-order chi connectivity index (χ1) is 6.27. The van der Waals surface area contributed by atoms with Crippen molar-refractivity contribution in [3.05, 3.63) is 19.1 Å². The third-order valence-electron chi connectivity index (χ3n) is 0.887. The molecule has 0 aliphatic heterocycles. The predicted molar refractivity (Wildman–Crippen MR) is 56.5 cm³/mol. The Morgan fingerprint density at radius 1 is 1.29 bits per heavy atom. The van der Waals surface area contributed by atoms with E-state index in [1.807, 2.05) is 6.92 Å². The third-order valence-corrected chi connectivity index (χ3v) is 0.887. The van der Waals surface area contributed by atoms with E-state index >= 15 is 0 Å². The molecule has 14 heavy (non-hydrogen) atoms. The van der Waals surface area contributed by atoms with Crippen LogP contribution in [-0.2, 0) is 26.5 Å². The first kappa shape index (κ1) is 23.9. The van der Waals surface area contributed by atoms with Crippen LogP contribution in [-0.4, -0.2) is 37.6 Å². The molecule has 0 aromatic carbocycles. The average molecular weight is 239 g/mol. The second-order valence-electron chi connectivity index (χ2n) is 2.22. The van der Waals surface area contributed by atoms with Gasteiger partial charge >= 0.3 is 0 Å². The SMILES string of the molecule is C=C(C)COCCC[CH2-].CO.CO.[Ti]. The zero-order valence-corrected chi connectivity index (χ0v) is 11.1. The fourth-order valence-corrected chi connectivity index (χ4v) is 0.451. The molecule has 0 aliphatic rings. The Balaban J connectivity index is -0.0000000883. The molecule has 0 fully saturated rings. The van der Waals surface area contributed by atoms with E-state index in [1.54, 1.807) is 0 Å². The Bertz CT molecular complexity index is 87.4. The number of hydrogen-bond donors (Lipinski definition) is 2. The largest absolute Gasteiger partial charge is 0.400 e. The van der Waals surface area contributed by atoms with Gasteiger partial charge in [0, 0.05) is 42.5 Å². The monoisotopic (exact) mass is 239 g/mol. The second kappa shape index (κ2) is 29.2. The molecule has 0 atom stereocenters. The molecule has 0 aliphatic carbocycles. The summed E-state index contributed by atoms with van der Waals surface area (Å²) >= 11 is 0. The normalized spacial score (nSPS) is 7.00. The molecule has 2 N–H and O–H groups in total. The van der Waals surface area contributed by atoms with Gasteiger partial charge in [-0.1, -0.05) is 18.6 Å². The van der Waals surface area contributed by atoms with Crippen LogP contribution in [0.25, 0.3) is 0 Å². The summed E-state index contributed by atoms with van der Waals surface area (Å²) in [4.78, 5) is 0. The van der Waals surface area contributed by atoms with Crippen LogP contribution >= 0.6 is 0 Å². The van der Waals surface area contributed by atoms with Crippen LogP contribution in [0.5, 0.6) is 0 Å². The second-order valence-corrected chi connectivity index (χ2v) is 2.22. The molecule has 0 saturated carbocycles. The van der Waals surface area contributed by atoms with Crippen LogP contribution in [0, 0.1) is 6.92 Å². The smallest absolute Gasteiger partial charge is 0.0671 e. The number of unbranched alkanes of at least 4 members (excludes halogenated alkanes) is 1. The van der Waals surface area contributed by atoms with Gasteiger partial charge in [0.2, 0.25) is 0 Å². The fourth-order valence-electron chi connectivity index (χ4n) is 0.451. The molecule has 0 bridgehead atoms. The minimum atomic E-state index is 0. The van der Waals surface area contributed by atoms with E-state index < -0.39 is 0 Å². The van der Waals surface area contributed by atoms with E-state index in [-0.39, 0.29) is 21.7 Å². The summed E-state index contributed by atoms with van der Waals surface area (Å²) in [7, 11) is 2.00. The number of aliphatic hydroxyl groups excluding tert-OH is 2. The minimum absolute atomic E-state index is 0. The maximum Gasteiger partial charge on any atom is 0.0671 e. The minimum Gasteiger partial charge on any atom is -0.400 e. The van der Waals surface area contributed by atoms with Gasteiger partial charge < -0.3 is 21.9 Å².